The van der Waals surface area contributed by atoms with E-state index in [-0.39, 0.29) is 5.41 Å². The molecular formula is C16H29N3O. The highest BCUT2D eigenvalue weighted by Crippen LogP contribution is 2.31. The second-order valence-corrected chi connectivity index (χ2v) is 7.19. The maximum atomic E-state index is 9.37. The predicted molar refractivity (Wildman–Crippen MR) is 81.5 cm³/mol. The maximum Gasteiger partial charge on any atom is 0.0722 e. The number of nitrogens with one attached hydrogen (secondary N) is 1. The third-order valence-corrected chi connectivity index (χ3v) is 4.39. The van der Waals surface area contributed by atoms with Crippen LogP contribution in [0, 0.1) is 11.8 Å². The molecule has 0 bridgehead atoms. The Morgan fingerprint density at radius 3 is 2.70 bits per heavy atom. The van der Waals surface area contributed by atoms with E-state index in [9.17, 15) is 5.11 Å². The highest BCUT2D eigenvalue weighted by atomic mass is 16.3. The lowest BCUT2D eigenvalue weighted by Crippen LogP contribution is -2.27. The third kappa shape index (κ3) is 3.61. The zero-order valence-electron chi connectivity index (χ0n) is 13.3. The number of aromatic nitrogens is 2. The van der Waals surface area contributed by atoms with Crippen LogP contribution in [-0.4, -0.2) is 28.0 Å². The predicted octanol–water partition coefficient (Wildman–Crippen LogP) is 2.22. The highest BCUT2D eigenvalue weighted by molar-refractivity contribution is 5.23. The molecule has 2 rings (SSSR count). The van der Waals surface area contributed by atoms with Crippen molar-refractivity contribution in [2.45, 2.75) is 52.0 Å². The number of aliphatic hydroxyl groups is 1. The molecule has 2 atom stereocenters. The van der Waals surface area contributed by atoms with E-state index in [1.807, 2.05) is 11.7 Å². The van der Waals surface area contributed by atoms with Gasteiger partial charge in [0.2, 0.25) is 0 Å². The summed E-state index contributed by atoms with van der Waals surface area (Å²) in [4.78, 5) is 0. The second-order valence-electron chi connectivity index (χ2n) is 7.19. The smallest absolute Gasteiger partial charge is 0.0722 e. The van der Waals surface area contributed by atoms with Crippen LogP contribution >= 0.6 is 0 Å². The lowest BCUT2D eigenvalue weighted by atomic mass is 9.89. The van der Waals surface area contributed by atoms with Gasteiger partial charge in [0, 0.05) is 37.4 Å². The molecule has 0 aromatic carbocycles. The molecule has 20 heavy (non-hydrogen) atoms. The van der Waals surface area contributed by atoms with Crippen LogP contribution in [0.4, 0.5) is 0 Å². The zero-order chi connectivity index (χ0) is 14.8. The normalized spacial score (nSPS) is 23.4. The zero-order valence-corrected chi connectivity index (χ0v) is 13.3. The van der Waals surface area contributed by atoms with Crippen LogP contribution in [0.1, 0.15) is 51.3 Å². The molecule has 1 fully saturated rings. The first-order chi connectivity index (χ1) is 9.41. The molecule has 0 spiro atoms. The monoisotopic (exact) mass is 279 g/mol. The van der Waals surface area contributed by atoms with Gasteiger partial charge >= 0.3 is 0 Å². The molecule has 1 aromatic rings. The van der Waals surface area contributed by atoms with Crippen molar-refractivity contribution < 1.29 is 5.11 Å². The summed E-state index contributed by atoms with van der Waals surface area (Å²) in [5.74, 6) is 1.13. The number of aryl methyl sites for hydroxylation is 1. The van der Waals surface area contributed by atoms with E-state index in [4.69, 9.17) is 0 Å². The van der Waals surface area contributed by atoms with Crippen molar-refractivity contribution in [1.82, 2.24) is 15.1 Å². The fourth-order valence-corrected chi connectivity index (χ4v) is 3.31. The van der Waals surface area contributed by atoms with E-state index in [0.717, 1.165) is 13.1 Å². The molecule has 0 aliphatic heterocycles. The molecule has 114 valence electrons. The van der Waals surface area contributed by atoms with Gasteiger partial charge in [0.25, 0.3) is 0 Å². The van der Waals surface area contributed by atoms with Gasteiger partial charge in [0.05, 0.1) is 5.69 Å². The number of rotatable bonds is 5. The molecule has 0 radical (unpaired) electrons. The number of hydrogen-bond donors (Lipinski definition) is 2. The Morgan fingerprint density at radius 1 is 1.35 bits per heavy atom. The van der Waals surface area contributed by atoms with Crippen LogP contribution in [0.3, 0.4) is 0 Å². The van der Waals surface area contributed by atoms with Crippen LogP contribution in [-0.2, 0) is 19.0 Å². The van der Waals surface area contributed by atoms with Gasteiger partial charge in [-0.05, 0) is 31.2 Å². The van der Waals surface area contributed by atoms with Crippen molar-refractivity contribution in [3.63, 3.8) is 0 Å². The number of aliphatic hydroxyl groups excluding tert-OH is 1. The summed E-state index contributed by atoms with van der Waals surface area (Å²) < 4.78 is 1.91. The summed E-state index contributed by atoms with van der Waals surface area (Å²) in [5, 5.41) is 17.5. The van der Waals surface area contributed by atoms with Crippen molar-refractivity contribution in [3.05, 3.63) is 17.5 Å². The molecule has 1 aliphatic rings. The molecular weight excluding hydrogens is 250 g/mol. The van der Waals surface area contributed by atoms with Crippen molar-refractivity contribution in [3.8, 4) is 0 Å². The van der Waals surface area contributed by atoms with E-state index < -0.39 is 0 Å². The Labute approximate surface area is 122 Å². The minimum atomic E-state index is 0.0826. The fourth-order valence-electron chi connectivity index (χ4n) is 3.31. The van der Waals surface area contributed by atoms with Crippen molar-refractivity contribution in [2.24, 2.45) is 18.9 Å². The van der Waals surface area contributed by atoms with E-state index in [1.165, 1.54) is 30.5 Å². The summed E-state index contributed by atoms with van der Waals surface area (Å²) in [6, 6.07) is 0. The van der Waals surface area contributed by atoms with Crippen LogP contribution in [0.5, 0.6) is 0 Å². The van der Waals surface area contributed by atoms with Gasteiger partial charge in [-0.1, -0.05) is 27.2 Å². The van der Waals surface area contributed by atoms with Gasteiger partial charge in [0.1, 0.15) is 0 Å². The number of nitrogens with zero attached hydrogens (tertiary/aromatic N) is 2. The summed E-state index contributed by atoms with van der Waals surface area (Å²) in [6.07, 6.45) is 5.81. The van der Waals surface area contributed by atoms with Crippen LogP contribution in [0.25, 0.3) is 0 Å². The maximum absolute atomic E-state index is 9.37. The molecule has 1 heterocycles. The lowest BCUT2D eigenvalue weighted by Gasteiger charge is -2.20. The van der Waals surface area contributed by atoms with Crippen molar-refractivity contribution in [1.29, 1.82) is 0 Å². The average molecular weight is 279 g/mol. The Kier molecular flexibility index (Phi) is 4.86. The lowest BCUT2D eigenvalue weighted by molar-refractivity contribution is 0.192. The largest absolute Gasteiger partial charge is 0.396 e. The van der Waals surface area contributed by atoms with Gasteiger partial charge < -0.3 is 10.4 Å². The summed E-state index contributed by atoms with van der Waals surface area (Å²) in [7, 11) is 1.98. The van der Waals surface area contributed by atoms with Gasteiger partial charge in [-0.15, -0.1) is 0 Å². The molecule has 2 N–H and O–H groups in total. The Hall–Kier alpha value is -0.870. The molecule has 1 saturated carbocycles. The van der Waals surface area contributed by atoms with Crippen LogP contribution < -0.4 is 5.32 Å². The third-order valence-electron chi connectivity index (χ3n) is 4.39. The quantitative estimate of drug-likeness (QED) is 0.869. The van der Waals surface area contributed by atoms with E-state index in [2.05, 4.69) is 37.4 Å². The molecule has 1 aromatic heterocycles. The SMILES string of the molecule is Cn1cc(CNCC2CCCC2CO)c(C(C)(C)C)n1. The Balaban J connectivity index is 1.91. The fraction of sp³-hybridized carbons (Fsp3) is 0.812. The first kappa shape index (κ1) is 15.5. The number of hydrogen-bond acceptors (Lipinski definition) is 3. The summed E-state index contributed by atoms with van der Waals surface area (Å²) >= 11 is 0. The summed E-state index contributed by atoms with van der Waals surface area (Å²) in [6.45, 7) is 8.83. The molecule has 0 amide bonds. The highest BCUT2D eigenvalue weighted by Gasteiger charge is 2.26. The van der Waals surface area contributed by atoms with Crippen molar-refractivity contribution >= 4 is 0 Å². The van der Waals surface area contributed by atoms with Crippen LogP contribution in [0.2, 0.25) is 0 Å². The molecule has 1 aliphatic carbocycles. The molecule has 4 heteroatoms. The van der Waals surface area contributed by atoms with Gasteiger partial charge in [-0.2, -0.15) is 5.10 Å². The molecule has 4 nitrogen and oxygen atoms in total. The summed E-state index contributed by atoms with van der Waals surface area (Å²) in [5.41, 5.74) is 2.55. The first-order valence-electron chi connectivity index (χ1n) is 7.76. The topological polar surface area (TPSA) is 50.1 Å². The van der Waals surface area contributed by atoms with Crippen LogP contribution in [0.15, 0.2) is 6.20 Å². The molecule has 0 saturated heterocycles. The minimum absolute atomic E-state index is 0.0826. The molecule has 2 unspecified atom stereocenters. The second kappa shape index (κ2) is 6.27. The first-order valence-corrected chi connectivity index (χ1v) is 7.76. The van der Waals surface area contributed by atoms with Gasteiger partial charge in [-0.3, -0.25) is 4.68 Å². The average Bonchev–Trinajstić information content (AvgIpc) is 2.95. The minimum Gasteiger partial charge on any atom is -0.396 e. The van der Waals surface area contributed by atoms with Gasteiger partial charge in [-0.25, -0.2) is 0 Å². The van der Waals surface area contributed by atoms with E-state index in [0.29, 0.717) is 18.4 Å². The van der Waals surface area contributed by atoms with E-state index in [1.54, 1.807) is 0 Å². The van der Waals surface area contributed by atoms with E-state index >= 15 is 0 Å². The Bertz CT molecular complexity index is 433. The standard InChI is InChI=1S/C16H29N3O/c1-16(2,3)15-14(10-19(4)18-15)9-17-8-12-6-5-7-13(12)11-20/h10,12-13,17,20H,5-9,11H2,1-4H3. The van der Waals surface area contributed by atoms with Gasteiger partial charge in [0.15, 0.2) is 0 Å². The Morgan fingerprint density at radius 2 is 2.05 bits per heavy atom. The van der Waals surface area contributed by atoms with Crippen molar-refractivity contribution in [2.75, 3.05) is 13.2 Å².